The van der Waals surface area contributed by atoms with E-state index in [2.05, 4.69) is 16.6 Å². The molecule has 0 bridgehead atoms. The van der Waals surface area contributed by atoms with E-state index in [-0.39, 0.29) is 0 Å². The van der Waals surface area contributed by atoms with Gasteiger partial charge in [-0.3, -0.25) is 0 Å². The topological polar surface area (TPSA) is 24.6 Å². The van der Waals surface area contributed by atoms with E-state index in [0.717, 1.165) is 11.2 Å². The van der Waals surface area contributed by atoms with E-state index >= 15 is 0 Å². The molecule has 80 valence electrons. The second kappa shape index (κ2) is 5.29. The highest BCUT2D eigenvalue weighted by molar-refractivity contribution is 7.71. The van der Waals surface area contributed by atoms with Crippen LogP contribution in [0.2, 0.25) is 0 Å². The number of nitrogens with one attached hydrogen (secondary N) is 1. The zero-order chi connectivity index (χ0) is 10.6. The molecule has 1 heterocycles. The summed E-state index contributed by atoms with van der Waals surface area (Å²) >= 11 is 5.15. The lowest BCUT2D eigenvalue weighted by Gasteiger charge is -1.98. The van der Waals surface area contributed by atoms with E-state index in [1.54, 1.807) is 0 Å². The molecule has 0 aliphatic rings. The molecule has 0 radical (unpaired) electrons. The first-order valence-corrected chi connectivity index (χ1v) is 5.71. The van der Waals surface area contributed by atoms with Gasteiger partial charge in [0.25, 0.3) is 0 Å². The maximum atomic E-state index is 5.15. The average Bonchev–Trinajstić information content (AvgIpc) is 2.38. The van der Waals surface area contributed by atoms with Gasteiger partial charge in [0, 0.05) is 6.42 Å². The van der Waals surface area contributed by atoms with Crippen molar-refractivity contribution in [1.29, 1.82) is 0 Å². The molecule has 1 rings (SSSR count). The van der Waals surface area contributed by atoms with Crippen molar-refractivity contribution in [3.63, 3.8) is 0 Å². The molecule has 4 heteroatoms. The summed E-state index contributed by atoms with van der Waals surface area (Å²) in [6.07, 6.45) is 6.30. The Morgan fingerprint density at radius 1 is 1.36 bits per heavy atom. The maximum absolute atomic E-state index is 5.15. The Morgan fingerprint density at radius 2 is 2.07 bits per heavy atom. The molecule has 0 aromatic carbocycles. The zero-order valence-electron chi connectivity index (χ0n) is 9.34. The van der Waals surface area contributed by atoms with Gasteiger partial charge in [-0.25, -0.2) is 4.57 Å². The lowest BCUT2D eigenvalue weighted by Crippen LogP contribution is -2.33. The molecule has 0 aliphatic carbocycles. The number of aromatic amines is 1. The summed E-state index contributed by atoms with van der Waals surface area (Å²) in [6, 6.07) is 0. The minimum atomic E-state index is 0.804. The van der Waals surface area contributed by atoms with E-state index in [4.69, 9.17) is 12.2 Å². The summed E-state index contributed by atoms with van der Waals surface area (Å²) in [5, 5.41) is 3.11. The summed E-state index contributed by atoms with van der Waals surface area (Å²) in [6.45, 7) is 2.23. The Hall–Kier alpha value is -0.640. The molecular weight excluding hydrogens is 194 g/mol. The van der Waals surface area contributed by atoms with Crippen LogP contribution in [-0.4, -0.2) is 9.78 Å². The van der Waals surface area contributed by atoms with Crippen LogP contribution in [0.5, 0.6) is 0 Å². The lowest BCUT2D eigenvalue weighted by atomic mass is 10.1. The van der Waals surface area contributed by atoms with Gasteiger partial charge in [-0.1, -0.05) is 26.2 Å². The maximum Gasteiger partial charge on any atom is 0.323 e. The fourth-order valence-electron chi connectivity index (χ4n) is 1.67. The van der Waals surface area contributed by atoms with E-state index in [1.165, 1.54) is 31.5 Å². The quantitative estimate of drug-likeness (QED) is 0.453. The predicted octanol–water partition coefficient (Wildman–Crippen LogP) is 2.03. The van der Waals surface area contributed by atoms with Crippen LogP contribution in [0.4, 0.5) is 0 Å². The Morgan fingerprint density at radius 3 is 2.57 bits per heavy atom. The smallest absolute Gasteiger partial charge is 0.225 e. The molecule has 0 atom stereocenters. The van der Waals surface area contributed by atoms with Gasteiger partial charge in [0.05, 0.1) is 14.1 Å². The highest BCUT2D eigenvalue weighted by Crippen LogP contribution is 2.03. The Balaban J connectivity index is 2.54. The largest absolute Gasteiger partial charge is 0.323 e. The van der Waals surface area contributed by atoms with Gasteiger partial charge >= 0.3 is 4.77 Å². The fraction of sp³-hybridized carbons (Fsp3) is 0.800. The molecule has 0 saturated carbocycles. The van der Waals surface area contributed by atoms with Crippen molar-refractivity contribution < 1.29 is 4.57 Å². The molecule has 3 nitrogen and oxygen atoms in total. The highest BCUT2D eigenvalue weighted by Gasteiger charge is 2.11. The van der Waals surface area contributed by atoms with Crippen molar-refractivity contribution in [2.45, 2.75) is 39.0 Å². The summed E-state index contributed by atoms with van der Waals surface area (Å²) in [4.78, 5) is 0. The fourth-order valence-corrected chi connectivity index (χ4v) is 1.91. The molecular formula is C10H20N3S+. The highest BCUT2D eigenvalue weighted by atomic mass is 32.1. The van der Waals surface area contributed by atoms with Crippen LogP contribution < -0.4 is 4.57 Å². The molecule has 0 aliphatic heterocycles. The first kappa shape index (κ1) is 11.4. The van der Waals surface area contributed by atoms with E-state index in [1.807, 2.05) is 18.8 Å². The monoisotopic (exact) mass is 214 g/mol. The van der Waals surface area contributed by atoms with Crippen molar-refractivity contribution in [3.05, 3.63) is 10.6 Å². The third kappa shape index (κ3) is 2.67. The van der Waals surface area contributed by atoms with Crippen LogP contribution in [0.15, 0.2) is 0 Å². The Labute approximate surface area is 90.7 Å². The summed E-state index contributed by atoms with van der Waals surface area (Å²) in [5.74, 6) is 1.28. The number of nitrogens with zero attached hydrogens (tertiary/aromatic N) is 2. The summed E-state index contributed by atoms with van der Waals surface area (Å²) < 4.78 is 4.88. The van der Waals surface area contributed by atoms with E-state index in [0.29, 0.717) is 0 Å². The molecule has 1 aromatic rings. The van der Waals surface area contributed by atoms with Gasteiger partial charge in [0.2, 0.25) is 5.82 Å². The molecule has 0 saturated heterocycles. The number of aryl methyl sites for hydroxylation is 1. The normalized spacial score (nSPS) is 10.8. The molecule has 1 aromatic heterocycles. The second-order valence-electron chi connectivity index (χ2n) is 3.76. The van der Waals surface area contributed by atoms with Gasteiger partial charge < -0.3 is 0 Å². The molecule has 0 unspecified atom stereocenters. The molecule has 0 amide bonds. The number of H-pyrrole nitrogens is 1. The number of rotatable bonds is 5. The number of hydrogen-bond donors (Lipinski definition) is 1. The molecule has 1 N–H and O–H groups in total. The summed E-state index contributed by atoms with van der Waals surface area (Å²) in [5.41, 5.74) is 0. The van der Waals surface area contributed by atoms with Crippen molar-refractivity contribution >= 4 is 12.2 Å². The van der Waals surface area contributed by atoms with Gasteiger partial charge in [0.1, 0.15) is 0 Å². The SMILES string of the molecule is CCCCCCc1n(C)[nH]c(=S)[n+]1C. The van der Waals surface area contributed by atoms with Crippen molar-refractivity contribution in [2.24, 2.45) is 14.1 Å². The van der Waals surface area contributed by atoms with Crippen LogP contribution in [0.1, 0.15) is 38.4 Å². The average molecular weight is 214 g/mol. The minimum Gasteiger partial charge on any atom is -0.225 e. The standard InChI is InChI=1S/C10H19N3S/c1-4-5-6-7-8-9-12(2)10(14)11-13(9)3/h4-8H2,1-3H3/p+1. The van der Waals surface area contributed by atoms with Crippen molar-refractivity contribution in [3.8, 4) is 0 Å². The summed E-state index contributed by atoms with van der Waals surface area (Å²) in [7, 11) is 4.04. The third-order valence-electron chi connectivity index (χ3n) is 2.60. The molecule has 0 fully saturated rings. The predicted molar refractivity (Wildman–Crippen MR) is 59.6 cm³/mol. The van der Waals surface area contributed by atoms with Crippen LogP contribution in [0, 0.1) is 4.77 Å². The van der Waals surface area contributed by atoms with Crippen LogP contribution >= 0.6 is 12.2 Å². The number of aromatic nitrogens is 3. The number of hydrogen-bond acceptors (Lipinski definition) is 1. The van der Waals surface area contributed by atoms with Crippen molar-refractivity contribution in [2.75, 3.05) is 0 Å². The first-order valence-electron chi connectivity index (χ1n) is 5.30. The van der Waals surface area contributed by atoms with Crippen LogP contribution in [0.3, 0.4) is 0 Å². The van der Waals surface area contributed by atoms with E-state index in [9.17, 15) is 0 Å². The van der Waals surface area contributed by atoms with Gasteiger partial charge in [-0.15, -0.1) is 5.10 Å². The number of unbranched alkanes of at least 4 members (excludes halogenated alkanes) is 3. The zero-order valence-corrected chi connectivity index (χ0v) is 10.2. The first-order chi connectivity index (χ1) is 6.66. The Kier molecular flexibility index (Phi) is 4.32. The third-order valence-corrected chi connectivity index (χ3v) is 2.96. The molecule has 14 heavy (non-hydrogen) atoms. The lowest BCUT2D eigenvalue weighted by molar-refractivity contribution is -0.686. The van der Waals surface area contributed by atoms with Crippen LogP contribution in [-0.2, 0) is 20.5 Å². The van der Waals surface area contributed by atoms with Gasteiger partial charge in [0.15, 0.2) is 0 Å². The van der Waals surface area contributed by atoms with Gasteiger partial charge in [-0.05, 0) is 18.6 Å². The second-order valence-corrected chi connectivity index (χ2v) is 4.15. The molecule has 0 spiro atoms. The van der Waals surface area contributed by atoms with Crippen molar-refractivity contribution in [1.82, 2.24) is 9.78 Å². The van der Waals surface area contributed by atoms with E-state index < -0.39 is 0 Å². The Bertz CT molecular complexity index is 338. The minimum absolute atomic E-state index is 0.804. The van der Waals surface area contributed by atoms with Gasteiger partial charge in [-0.2, -0.15) is 4.68 Å². The van der Waals surface area contributed by atoms with Crippen LogP contribution in [0.25, 0.3) is 0 Å².